The molecule has 2 aliphatic heterocycles. The van der Waals surface area contributed by atoms with Crippen molar-refractivity contribution in [2.75, 3.05) is 9.80 Å². The summed E-state index contributed by atoms with van der Waals surface area (Å²) in [5.74, 6) is 0.248. The molecule has 8 aromatic rings. The Morgan fingerprint density at radius 3 is 2.03 bits per heavy atom. The van der Waals surface area contributed by atoms with Crippen LogP contribution >= 0.6 is 11.3 Å². The Kier molecular flexibility index (Phi) is 6.74. The van der Waals surface area contributed by atoms with Gasteiger partial charge in [0.05, 0.1) is 5.54 Å². The number of hydrogen-bond acceptors (Lipinski definition) is 3. The summed E-state index contributed by atoms with van der Waals surface area (Å²) in [4.78, 5) is 6.53. The average molecular weight is 773 g/mol. The topological polar surface area (TPSA) is 6.48 Å². The zero-order valence-electron chi connectivity index (χ0n) is 33.0. The highest BCUT2D eigenvalue weighted by molar-refractivity contribution is 7.20. The number of rotatable bonds is 4. The maximum atomic E-state index is 2.73. The van der Waals surface area contributed by atoms with Crippen molar-refractivity contribution in [1.29, 1.82) is 0 Å². The second kappa shape index (κ2) is 11.9. The molecule has 0 amide bonds. The first-order chi connectivity index (χ1) is 29.0. The SMILES string of the molecule is CC12CC=CC3=C1N(c1ccccc12)C1(C)C3=CC=C2c3sc4ccc(-c5ccc(N(c6ccc7ccccc7c6)c6ccc7ccccc7c6)cc5)cc4c3C=CC21. The van der Waals surface area contributed by atoms with Crippen LogP contribution in [0.2, 0.25) is 0 Å². The van der Waals surface area contributed by atoms with E-state index in [1.54, 1.807) is 0 Å². The van der Waals surface area contributed by atoms with Crippen molar-refractivity contribution >= 4 is 77.4 Å². The largest absolute Gasteiger partial charge is 0.332 e. The van der Waals surface area contributed by atoms with E-state index in [0.29, 0.717) is 0 Å². The van der Waals surface area contributed by atoms with E-state index in [4.69, 9.17) is 0 Å². The van der Waals surface area contributed by atoms with Gasteiger partial charge in [-0.1, -0.05) is 134 Å². The van der Waals surface area contributed by atoms with E-state index in [9.17, 15) is 0 Å². The fourth-order valence-electron chi connectivity index (χ4n) is 11.2. The van der Waals surface area contributed by atoms with Gasteiger partial charge in [0.25, 0.3) is 0 Å². The number of fused-ring (bicyclic) bond motifs is 14. The minimum Gasteiger partial charge on any atom is -0.332 e. The zero-order valence-corrected chi connectivity index (χ0v) is 33.8. The molecule has 0 radical (unpaired) electrons. The number of anilines is 4. The van der Waals surface area contributed by atoms with E-state index < -0.39 is 0 Å². The maximum Gasteiger partial charge on any atom is 0.0781 e. The number of nitrogens with zero attached hydrogens (tertiary/aromatic N) is 2. The molecule has 0 N–H and O–H groups in total. The smallest absolute Gasteiger partial charge is 0.0781 e. The van der Waals surface area contributed by atoms with Gasteiger partial charge in [-0.05, 0) is 124 Å². The van der Waals surface area contributed by atoms with Crippen LogP contribution in [0.25, 0.3) is 54.4 Å². The Hall–Kier alpha value is -6.68. The van der Waals surface area contributed by atoms with Crippen LogP contribution in [0.1, 0.15) is 36.3 Å². The van der Waals surface area contributed by atoms with E-state index in [0.717, 1.165) is 23.5 Å². The summed E-state index contributed by atoms with van der Waals surface area (Å²) in [5, 5.41) is 6.29. The monoisotopic (exact) mass is 772 g/mol. The predicted molar refractivity (Wildman–Crippen MR) is 251 cm³/mol. The molecule has 5 aliphatic rings. The Morgan fingerprint density at radius 2 is 1.29 bits per heavy atom. The lowest BCUT2D eigenvalue weighted by Gasteiger charge is -2.46. The summed E-state index contributed by atoms with van der Waals surface area (Å²) in [7, 11) is 0. The molecule has 0 bridgehead atoms. The third-order valence-corrected chi connectivity index (χ3v) is 15.3. The van der Waals surface area contributed by atoms with Crippen LogP contribution in [-0.4, -0.2) is 5.54 Å². The second-order valence-electron chi connectivity index (χ2n) is 17.2. The molecule has 1 aromatic heterocycles. The van der Waals surface area contributed by atoms with Crippen LogP contribution in [-0.2, 0) is 5.41 Å². The molecule has 13 rings (SSSR count). The van der Waals surface area contributed by atoms with E-state index in [-0.39, 0.29) is 16.9 Å². The molecule has 3 heterocycles. The van der Waals surface area contributed by atoms with Gasteiger partial charge in [-0.25, -0.2) is 0 Å². The van der Waals surface area contributed by atoms with Gasteiger partial charge in [0.1, 0.15) is 0 Å². The highest BCUT2D eigenvalue weighted by atomic mass is 32.1. The minimum absolute atomic E-state index is 0.00292. The van der Waals surface area contributed by atoms with Crippen molar-refractivity contribution < 1.29 is 0 Å². The third-order valence-electron chi connectivity index (χ3n) is 14.1. The van der Waals surface area contributed by atoms with Gasteiger partial charge in [0, 0.05) is 65.9 Å². The van der Waals surface area contributed by atoms with E-state index in [1.807, 2.05) is 11.3 Å². The molecular formula is C56H40N2S. The van der Waals surface area contributed by atoms with Crippen LogP contribution in [0.15, 0.2) is 199 Å². The number of para-hydroxylation sites is 1. The van der Waals surface area contributed by atoms with Gasteiger partial charge in [-0.2, -0.15) is 0 Å². The van der Waals surface area contributed by atoms with Gasteiger partial charge >= 0.3 is 0 Å². The van der Waals surface area contributed by atoms with Gasteiger partial charge < -0.3 is 9.80 Å². The molecule has 3 aliphatic carbocycles. The number of allylic oxidation sites excluding steroid dienone is 5. The molecule has 280 valence electrons. The van der Waals surface area contributed by atoms with Crippen molar-refractivity contribution in [3.05, 3.63) is 215 Å². The molecule has 3 heteroatoms. The fraction of sp³-hybridized carbons (Fsp3) is 0.107. The molecule has 0 saturated carbocycles. The highest BCUT2D eigenvalue weighted by Gasteiger charge is 2.61. The minimum atomic E-state index is -0.192. The molecule has 3 atom stereocenters. The maximum absolute atomic E-state index is 2.73. The van der Waals surface area contributed by atoms with Crippen LogP contribution < -0.4 is 9.80 Å². The van der Waals surface area contributed by atoms with Crippen molar-refractivity contribution in [3.63, 3.8) is 0 Å². The van der Waals surface area contributed by atoms with Crippen LogP contribution in [0.3, 0.4) is 0 Å². The summed E-state index contributed by atoms with van der Waals surface area (Å²) < 4.78 is 1.34. The lowest BCUT2D eigenvalue weighted by molar-refractivity contribution is 0.466. The van der Waals surface area contributed by atoms with E-state index >= 15 is 0 Å². The van der Waals surface area contributed by atoms with Gasteiger partial charge in [-0.15, -0.1) is 11.3 Å². The highest BCUT2D eigenvalue weighted by Crippen LogP contribution is 2.66. The average Bonchev–Trinajstić information content (AvgIpc) is 3.89. The molecule has 0 saturated heterocycles. The lowest BCUT2D eigenvalue weighted by atomic mass is 9.67. The Balaban J connectivity index is 0.877. The standard InChI is InChI=1S/C56H40N2S/c1-55-31-9-14-46-49-29-27-45-48(56(49,2)58(54(46)55)51-16-8-7-15-50(51)55)28-26-44-47-34-40(21-30-52(47)59-53(44)45)37-17-22-41(23-18-37)57(42-24-19-35-10-3-5-12-38(35)32-42)43-25-20-36-11-4-6-13-39(36)33-43/h3-30,32-34,48H,31H2,1-2H3. The first-order valence-electron chi connectivity index (χ1n) is 20.8. The summed E-state index contributed by atoms with van der Waals surface area (Å²) >= 11 is 1.95. The molecule has 2 nitrogen and oxygen atoms in total. The summed E-state index contributed by atoms with van der Waals surface area (Å²) in [6.07, 6.45) is 15.7. The molecular weight excluding hydrogens is 733 g/mol. The zero-order chi connectivity index (χ0) is 39.0. The van der Waals surface area contributed by atoms with Crippen molar-refractivity contribution in [2.45, 2.75) is 31.2 Å². The van der Waals surface area contributed by atoms with Crippen LogP contribution in [0.4, 0.5) is 22.7 Å². The third kappa shape index (κ3) is 4.51. The van der Waals surface area contributed by atoms with Gasteiger partial charge in [-0.3, -0.25) is 0 Å². The summed E-state index contributed by atoms with van der Waals surface area (Å²) in [6, 6.07) is 56.1. The lowest BCUT2D eigenvalue weighted by Crippen LogP contribution is -2.50. The normalized spacial score (nSPS) is 21.9. The second-order valence-corrected chi connectivity index (χ2v) is 18.3. The van der Waals surface area contributed by atoms with Gasteiger partial charge in [0.2, 0.25) is 0 Å². The molecule has 59 heavy (non-hydrogen) atoms. The number of hydrogen-bond donors (Lipinski definition) is 0. The first-order valence-corrected chi connectivity index (χ1v) is 21.7. The van der Waals surface area contributed by atoms with Crippen molar-refractivity contribution in [1.82, 2.24) is 0 Å². The fourth-order valence-corrected chi connectivity index (χ4v) is 12.5. The molecule has 3 unspecified atom stereocenters. The summed E-state index contributed by atoms with van der Waals surface area (Å²) in [6.45, 7) is 4.95. The van der Waals surface area contributed by atoms with Crippen LogP contribution in [0, 0.1) is 5.92 Å². The predicted octanol–water partition coefficient (Wildman–Crippen LogP) is 15.1. The van der Waals surface area contributed by atoms with E-state index in [1.165, 1.54) is 86.9 Å². The Morgan fingerprint density at radius 1 is 0.627 bits per heavy atom. The number of thiophene rings is 1. The Labute approximate surface area is 348 Å². The molecule has 7 aromatic carbocycles. The van der Waals surface area contributed by atoms with E-state index in [2.05, 4.69) is 212 Å². The van der Waals surface area contributed by atoms with Crippen molar-refractivity contribution in [3.8, 4) is 11.1 Å². The molecule has 0 fully saturated rings. The van der Waals surface area contributed by atoms with Crippen LogP contribution in [0.5, 0.6) is 0 Å². The molecule has 0 spiro atoms. The quantitative estimate of drug-likeness (QED) is 0.176. The first kappa shape index (κ1) is 33.3. The number of benzene rings is 7. The van der Waals surface area contributed by atoms with Gasteiger partial charge in [0.15, 0.2) is 0 Å². The Bertz CT molecular complexity index is 3220. The van der Waals surface area contributed by atoms with Crippen molar-refractivity contribution in [2.24, 2.45) is 5.92 Å². The summed E-state index contributed by atoms with van der Waals surface area (Å²) in [5.41, 5.74) is 15.7.